The fraction of sp³-hybridized carbons (Fsp3) is 0.158. The van der Waals surface area contributed by atoms with Crippen molar-refractivity contribution in [3.63, 3.8) is 0 Å². The normalized spacial score (nSPS) is 10.5. The summed E-state index contributed by atoms with van der Waals surface area (Å²) >= 11 is 7.69. The third-order valence-corrected chi connectivity index (χ3v) is 5.13. The quantitative estimate of drug-likeness (QED) is 0.604. The first-order chi connectivity index (χ1) is 13.5. The molecular formula is C19H14ClFN4O2S. The third-order valence-electron chi connectivity index (χ3n) is 3.80. The van der Waals surface area contributed by atoms with Crippen LogP contribution >= 0.6 is 22.9 Å². The molecule has 0 saturated carbocycles. The third kappa shape index (κ3) is 4.82. The Kier molecular flexibility index (Phi) is 6.19. The average Bonchev–Trinajstić information content (AvgIpc) is 3.05. The van der Waals surface area contributed by atoms with Gasteiger partial charge in [-0.15, -0.1) is 11.3 Å². The van der Waals surface area contributed by atoms with Crippen LogP contribution in [0.15, 0.2) is 36.4 Å². The fourth-order valence-electron chi connectivity index (χ4n) is 2.50. The summed E-state index contributed by atoms with van der Waals surface area (Å²) in [7, 11) is 0. The molecular weight excluding hydrogens is 403 g/mol. The Hall–Kier alpha value is -3.02. The first-order valence-corrected chi connectivity index (χ1v) is 9.41. The molecule has 2 N–H and O–H groups in total. The van der Waals surface area contributed by atoms with Crippen LogP contribution in [0.4, 0.5) is 4.39 Å². The van der Waals surface area contributed by atoms with E-state index >= 15 is 0 Å². The number of nitrogens with zero attached hydrogens (tertiary/aromatic N) is 2. The Labute approximate surface area is 169 Å². The monoisotopic (exact) mass is 416 g/mol. The fourth-order valence-corrected chi connectivity index (χ4v) is 3.83. The predicted molar refractivity (Wildman–Crippen MR) is 105 cm³/mol. The van der Waals surface area contributed by atoms with Crippen molar-refractivity contribution in [1.82, 2.24) is 15.6 Å². The Bertz CT molecular complexity index is 1080. The van der Waals surface area contributed by atoms with Gasteiger partial charge in [-0.1, -0.05) is 23.7 Å². The molecule has 1 aromatic heterocycles. The van der Waals surface area contributed by atoms with Crippen molar-refractivity contribution >= 4 is 45.0 Å². The SMILES string of the molecule is N#CCNC(=O)CNC(=O)Cc1nc2cc(-c3ccc(F)cc3)c(Cl)cc2s1. The first-order valence-electron chi connectivity index (χ1n) is 8.21. The number of rotatable bonds is 6. The standard InChI is InChI=1S/C19H14ClFN4O2S/c20-14-8-16-15(7-13(14)11-1-3-12(21)4-2-11)25-19(28-16)9-17(26)24-10-18(27)23-6-5-22/h1-4,7-8H,6,9-10H2,(H,23,27)(H,24,26). The highest BCUT2D eigenvalue weighted by Gasteiger charge is 2.13. The zero-order valence-electron chi connectivity index (χ0n) is 14.5. The number of aromatic nitrogens is 1. The smallest absolute Gasteiger partial charge is 0.240 e. The molecule has 0 bridgehead atoms. The summed E-state index contributed by atoms with van der Waals surface area (Å²) in [5.41, 5.74) is 2.18. The number of carbonyl (C=O) groups excluding carboxylic acids is 2. The molecule has 0 spiro atoms. The van der Waals surface area contributed by atoms with E-state index in [0.29, 0.717) is 15.5 Å². The summed E-state index contributed by atoms with van der Waals surface area (Å²) < 4.78 is 14.0. The minimum absolute atomic E-state index is 0.0222. The van der Waals surface area contributed by atoms with E-state index in [-0.39, 0.29) is 31.2 Å². The number of hydrogen-bond acceptors (Lipinski definition) is 5. The minimum Gasteiger partial charge on any atom is -0.347 e. The molecule has 0 aliphatic heterocycles. The van der Waals surface area contributed by atoms with Gasteiger partial charge in [0.25, 0.3) is 0 Å². The molecule has 0 unspecified atom stereocenters. The average molecular weight is 417 g/mol. The molecule has 9 heteroatoms. The van der Waals surface area contributed by atoms with Gasteiger partial charge in [0.1, 0.15) is 17.4 Å². The van der Waals surface area contributed by atoms with Crippen molar-refractivity contribution in [3.8, 4) is 17.2 Å². The summed E-state index contributed by atoms with van der Waals surface area (Å²) in [5.74, 6) is -1.12. The van der Waals surface area contributed by atoms with Gasteiger partial charge in [-0.2, -0.15) is 5.26 Å². The zero-order valence-corrected chi connectivity index (χ0v) is 16.0. The molecule has 1 heterocycles. The van der Waals surface area contributed by atoms with E-state index in [0.717, 1.165) is 15.8 Å². The Morgan fingerprint density at radius 1 is 1.18 bits per heavy atom. The number of benzene rings is 2. The first kappa shape index (κ1) is 19.7. The van der Waals surface area contributed by atoms with Crippen LogP contribution in [0.5, 0.6) is 0 Å². The summed E-state index contributed by atoms with van der Waals surface area (Å²) in [5, 5.41) is 14.3. The van der Waals surface area contributed by atoms with Gasteiger partial charge in [-0.05, 0) is 29.8 Å². The van der Waals surface area contributed by atoms with E-state index in [1.165, 1.54) is 23.5 Å². The molecule has 0 radical (unpaired) electrons. The largest absolute Gasteiger partial charge is 0.347 e. The number of halogens is 2. The molecule has 0 saturated heterocycles. The van der Waals surface area contributed by atoms with Gasteiger partial charge in [0.05, 0.1) is 29.3 Å². The van der Waals surface area contributed by atoms with E-state index < -0.39 is 5.91 Å². The number of nitrogens with one attached hydrogen (secondary N) is 2. The summed E-state index contributed by atoms with van der Waals surface area (Å²) in [6, 6.07) is 11.4. The van der Waals surface area contributed by atoms with Gasteiger partial charge in [0, 0.05) is 10.6 Å². The molecule has 3 aromatic rings. The number of thiazole rings is 1. The predicted octanol–water partition coefficient (Wildman–Crippen LogP) is 3.05. The molecule has 2 aromatic carbocycles. The van der Waals surface area contributed by atoms with Gasteiger partial charge in [0.15, 0.2) is 0 Å². The highest BCUT2D eigenvalue weighted by Crippen LogP contribution is 2.34. The second-order valence-corrected chi connectivity index (χ2v) is 7.33. The molecule has 28 heavy (non-hydrogen) atoms. The number of fused-ring (bicyclic) bond motifs is 1. The van der Waals surface area contributed by atoms with Gasteiger partial charge >= 0.3 is 0 Å². The van der Waals surface area contributed by atoms with Crippen molar-refractivity contribution in [1.29, 1.82) is 5.26 Å². The van der Waals surface area contributed by atoms with Crippen LogP contribution in [0, 0.1) is 17.1 Å². The second-order valence-electron chi connectivity index (χ2n) is 5.80. The maximum Gasteiger partial charge on any atom is 0.240 e. The van der Waals surface area contributed by atoms with Crippen LogP contribution in [0.1, 0.15) is 5.01 Å². The number of nitriles is 1. The van der Waals surface area contributed by atoms with E-state index in [1.807, 2.05) is 0 Å². The highest BCUT2D eigenvalue weighted by atomic mass is 35.5. The molecule has 0 atom stereocenters. The lowest BCUT2D eigenvalue weighted by Gasteiger charge is -2.04. The molecule has 142 valence electrons. The minimum atomic E-state index is -0.435. The van der Waals surface area contributed by atoms with Crippen LogP contribution < -0.4 is 10.6 Å². The lowest BCUT2D eigenvalue weighted by Crippen LogP contribution is -2.37. The summed E-state index contributed by atoms with van der Waals surface area (Å²) in [6.07, 6.45) is 0.0222. The Morgan fingerprint density at radius 3 is 2.64 bits per heavy atom. The highest BCUT2D eigenvalue weighted by molar-refractivity contribution is 7.18. The van der Waals surface area contributed by atoms with Crippen molar-refractivity contribution in [2.24, 2.45) is 0 Å². The van der Waals surface area contributed by atoms with Crippen molar-refractivity contribution in [3.05, 3.63) is 52.2 Å². The molecule has 0 fully saturated rings. The lowest BCUT2D eigenvalue weighted by molar-refractivity contribution is -0.125. The van der Waals surface area contributed by atoms with Gasteiger partial charge < -0.3 is 10.6 Å². The van der Waals surface area contributed by atoms with E-state index in [4.69, 9.17) is 16.9 Å². The van der Waals surface area contributed by atoms with Crippen molar-refractivity contribution in [2.75, 3.05) is 13.1 Å². The van der Waals surface area contributed by atoms with E-state index in [1.54, 1.807) is 30.3 Å². The molecule has 2 amide bonds. The Balaban J connectivity index is 1.72. The Morgan fingerprint density at radius 2 is 1.93 bits per heavy atom. The second kappa shape index (κ2) is 8.78. The van der Waals surface area contributed by atoms with Crippen molar-refractivity contribution in [2.45, 2.75) is 6.42 Å². The molecule has 0 aliphatic carbocycles. The van der Waals surface area contributed by atoms with Crippen LogP contribution in [-0.4, -0.2) is 29.9 Å². The van der Waals surface area contributed by atoms with E-state index in [9.17, 15) is 14.0 Å². The summed E-state index contributed by atoms with van der Waals surface area (Å²) in [6.45, 7) is -0.310. The number of carbonyl (C=O) groups is 2. The van der Waals surface area contributed by atoms with E-state index in [2.05, 4.69) is 15.6 Å². The van der Waals surface area contributed by atoms with Gasteiger partial charge in [-0.3, -0.25) is 9.59 Å². The van der Waals surface area contributed by atoms with Crippen molar-refractivity contribution < 1.29 is 14.0 Å². The van der Waals surface area contributed by atoms with Crippen LogP contribution in [-0.2, 0) is 16.0 Å². The molecule has 6 nitrogen and oxygen atoms in total. The zero-order chi connectivity index (χ0) is 20.1. The number of amides is 2. The maximum absolute atomic E-state index is 13.1. The van der Waals surface area contributed by atoms with Gasteiger partial charge in [0.2, 0.25) is 11.8 Å². The maximum atomic E-state index is 13.1. The number of hydrogen-bond donors (Lipinski definition) is 2. The summed E-state index contributed by atoms with van der Waals surface area (Å²) in [4.78, 5) is 27.9. The van der Waals surface area contributed by atoms with Crippen LogP contribution in [0.2, 0.25) is 5.02 Å². The molecule has 3 rings (SSSR count). The lowest BCUT2D eigenvalue weighted by atomic mass is 10.1. The molecule has 0 aliphatic rings. The topological polar surface area (TPSA) is 94.9 Å². The van der Waals surface area contributed by atoms with Crippen LogP contribution in [0.3, 0.4) is 0 Å². The van der Waals surface area contributed by atoms with Crippen LogP contribution in [0.25, 0.3) is 21.3 Å². The van der Waals surface area contributed by atoms with Gasteiger partial charge in [-0.25, -0.2) is 9.37 Å².